The van der Waals surface area contributed by atoms with Crippen LogP contribution in [0.15, 0.2) is 22.7 Å². The Labute approximate surface area is 116 Å². The summed E-state index contributed by atoms with van der Waals surface area (Å²) in [6, 6.07) is 4.34. The summed E-state index contributed by atoms with van der Waals surface area (Å²) in [6.45, 7) is 0. The summed E-state index contributed by atoms with van der Waals surface area (Å²) in [4.78, 5) is 11.9. The predicted octanol–water partition coefficient (Wildman–Crippen LogP) is 2.23. The molecule has 1 fully saturated rings. The Morgan fingerprint density at radius 2 is 2.06 bits per heavy atom. The highest BCUT2D eigenvalue weighted by Crippen LogP contribution is 2.17. The standard InChI is InChI=1S/C12H13BrFNO2S/c13-10-2-1-8(7-11(10)14)12(16)15-9-3-5-18(17)6-4-9/h1-2,7,9H,3-6H2,(H,15,16). The van der Waals surface area contributed by atoms with E-state index in [2.05, 4.69) is 21.2 Å². The van der Waals surface area contributed by atoms with Crippen LogP contribution in [0.1, 0.15) is 23.2 Å². The number of amides is 1. The molecule has 1 N–H and O–H groups in total. The summed E-state index contributed by atoms with van der Waals surface area (Å²) in [5.41, 5.74) is 0.308. The van der Waals surface area contributed by atoms with E-state index in [0.717, 1.165) is 12.8 Å². The highest BCUT2D eigenvalue weighted by atomic mass is 79.9. The molecule has 0 radical (unpaired) electrons. The Balaban J connectivity index is 1.99. The first-order valence-corrected chi connectivity index (χ1v) is 7.95. The van der Waals surface area contributed by atoms with E-state index in [9.17, 15) is 13.4 Å². The highest BCUT2D eigenvalue weighted by molar-refractivity contribution is 9.10. The third kappa shape index (κ3) is 3.38. The van der Waals surface area contributed by atoms with Gasteiger partial charge in [0.1, 0.15) is 5.82 Å². The summed E-state index contributed by atoms with van der Waals surface area (Å²) in [5, 5.41) is 2.85. The van der Waals surface area contributed by atoms with E-state index in [1.54, 1.807) is 6.07 Å². The fraction of sp³-hybridized carbons (Fsp3) is 0.417. The van der Waals surface area contributed by atoms with Crippen LogP contribution in [-0.4, -0.2) is 27.7 Å². The van der Waals surface area contributed by atoms with Gasteiger partial charge in [-0.25, -0.2) is 4.39 Å². The van der Waals surface area contributed by atoms with Gasteiger partial charge in [-0.2, -0.15) is 0 Å². The van der Waals surface area contributed by atoms with E-state index in [1.807, 2.05) is 0 Å². The van der Waals surface area contributed by atoms with Crippen LogP contribution >= 0.6 is 15.9 Å². The van der Waals surface area contributed by atoms with Crippen LogP contribution in [0.2, 0.25) is 0 Å². The van der Waals surface area contributed by atoms with Gasteiger partial charge >= 0.3 is 0 Å². The quantitative estimate of drug-likeness (QED) is 0.902. The van der Waals surface area contributed by atoms with Gasteiger partial charge in [0.25, 0.3) is 5.91 Å². The zero-order valence-electron chi connectivity index (χ0n) is 9.62. The van der Waals surface area contributed by atoms with Crippen molar-refractivity contribution in [2.45, 2.75) is 18.9 Å². The Kier molecular flexibility index (Phi) is 4.50. The Morgan fingerprint density at radius 1 is 1.39 bits per heavy atom. The molecule has 1 heterocycles. The maximum absolute atomic E-state index is 13.3. The summed E-state index contributed by atoms with van der Waals surface area (Å²) in [6.07, 6.45) is 1.44. The second-order valence-electron chi connectivity index (χ2n) is 4.22. The molecule has 3 nitrogen and oxygen atoms in total. The molecule has 0 aromatic heterocycles. The topological polar surface area (TPSA) is 46.2 Å². The summed E-state index contributed by atoms with van der Waals surface area (Å²) < 4.78 is 24.8. The summed E-state index contributed by atoms with van der Waals surface area (Å²) in [5.74, 6) is 0.519. The zero-order valence-corrected chi connectivity index (χ0v) is 12.0. The van der Waals surface area contributed by atoms with Crippen LogP contribution in [0.5, 0.6) is 0 Å². The minimum atomic E-state index is -0.744. The Bertz CT molecular complexity index is 485. The van der Waals surface area contributed by atoms with Crippen LogP contribution in [0, 0.1) is 5.82 Å². The van der Waals surface area contributed by atoms with Crippen molar-refractivity contribution in [2.24, 2.45) is 0 Å². The lowest BCUT2D eigenvalue weighted by molar-refractivity contribution is 0.0934. The first-order valence-electron chi connectivity index (χ1n) is 5.67. The predicted molar refractivity (Wildman–Crippen MR) is 72.5 cm³/mol. The molecule has 18 heavy (non-hydrogen) atoms. The minimum absolute atomic E-state index is 0.0434. The second kappa shape index (κ2) is 5.93. The molecule has 98 valence electrons. The SMILES string of the molecule is O=C(NC1CCS(=O)CC1)c1ccc(Br)c(F)c1. The van der Waals surface area contributed by atoms with E-state index < -0.39 is 16.6 Å². The number of benzene rings is 1. The van der Waals surface area contributed by atoms with Crippen molar-refractivity contribution in [1.29, 1.82) is 0 Å². The van der Waals surface area contributed by atoms with Crippen LogP contribution in [-0.2, 0) is 10.8 Å². The lowest BCUT2D eigenvalue weighted by atomic mass is 10.1. The first-order chi connectivity index (χ1) is 8.56. The molecular formula is C12H13BrFNO2S. The van der Waals surface area contributed by atoms with Gasteiger partial charge in [-0.05, 0) is 47.0 Å². The van der Waals surface area contributed by atoms with E-state index >= 15 is 0 Å². The first kappa shape index (κ1) is 13.7. The fourth-order valence-corrected chi connectivity index (χ4v) is 3.39. The molecule has 0 unspecified atom stereocenters. The molecule has 0 atom stereocenters. The zero-order chi connectivity index (χ0) is 13.1. The maximum atomic E-state index is 13.3. The van der Waals surface area contributed by atoms with Crippen molar-refractivity contribution in [2.75, 3.05) is 11.5 Å². The highest BCUT2D eigenvalue weighted by Gasteiger charge is 2.20. The molecule has 6 heteroatoms. The van der Waals surface area contributed by atoms with E-state index in [0.29, 0.717) is 21.5 Å². The number of halogens is 2. The van der Waals surface area contributed by atoms with Gasteiger partial charge in [-0.1, -0.05) is 0 Å². The number of nitrogens with one attached hydrogen (secondary N) is 1. The third-order valence-electron chi connectivity index (χ3n) is 2.90. The van der Waals surface area contributed by atoms with Crippen molar-refractivity contribution in [3.05, 3.63) is 34.1 Å². The normalized spacial score (nSPS) is 23.7. The molecule has 2 rings (SSSR count). The fourth-order valence-electron chi connectivity index (χ4n) is 1.84. The van der Waals surface area contributed by atoms with Crippen molar-refractivity contribution in [3.63, 3.8) is 0 Å². The lowest BCUT2D eigenvalue weighted by Gasteiger charge is -2.22. The lowest BCUT2D eigenvalue weighted by Crippen LogP contribution is -2.39. The number of hydrogen-bond acceptors (Lipinski definition) is 2. The summed E-state index contributed by atoms with van der Waals surface area (Å²) in [7, 11) is -0.744. The smallest absolute Gasteiger partial charge is 0.251 e. The maximum Gasteiger partial charge on any atom is 0.251 e. The van der Waals surface area contributed by atoms with Crippen LogP contribution in [0.3, 0.4) is 0 Å². The average Bonchev–Trinajstić information content (AvgIpc) is 2.35. The number of carbonyl (C=O) groups excluding carboxylic acids is 1. The van der Waals surface area contributed by atoms with Crippen LogP contribution < -0.4 is 5.32 Å². The Morgan fingerprint density at radius 3 is 2.67 bits per heavy atom. The molecule has 0 aliphatic carbocycles. The molecule has 0 spiro atoms. The van der Waals surface area contributed by atoms with Gasteiger partial charge in [0, 0.05) is 33.9 Å². The minimum Gasteiger partial charge on any atom is -0.349 e. The number of carbonyl (C=O) groups is 1. The molecule has 1 saturated heterocycles. The van der Waals surface area contributed by atoms with Crippen molar-refractivity contribution in [3.8, 4) is 0 Å². The molecule has 1 aromatic carbocycles. The van der Waals surface area contributed by atoms with Gasteiger partial charge in [-0.3, -0.25) is 9.00 Å². The van der Waals surface area contributed by atoms with Gasteiger partial charge in [0.05, 0.1) is 4.47 Å². The number of hydrogen-bond donors (Lipinski definition) is 1. The van der Waals surface area contributed by atoms with Crippen LogP contribution in [0.4, 0.5) is 4.39 Å². The molecule has 0 bridgehead atoms. The van der Waals surface area contributed by atoms with Crippen molar-refractivity contribution >= 4 is 32.6 Å². The second-order valence-corrected chi connectivity index (χ2v) is 6.78. The molecule has 1 amide bonds. The monoisotopic (exact) mass is 333 g/mol. The van der Waals surface area contributed by atoms with Gasteiger partial charge in [0.2, 0.25) is 0 Å². The molecule has 1 aromatic rings. The summed E-state index contributed by atoms with van der Waals surface area (Å²) >= 11 is 3.04. The van der Waals surface area contributed by atoms with Crippen LogP contribution in [0.25, 0.3) is 0 Å². The van der Waals surface area contributed by atoms with E-state index in [4.69, 9.17) is 0 Å². The van der Waals surface area contributed by atoms with Crippen molar-refractivity contribution in [1.82, 2.24) is 5.32 Å². The molecule has 1 aliphatic rings. The van der Waals surface area contributed by atoms with E-state index in [-0.39, 0.29) is 11.9 Å². The van der Waals surface area contributed by atoms with E-state index in [1.165, 1.54) is 12.1 Å². The number of rotatable bonds is 2. The van der Waals surface area contributed by atoms with Gasteiger partial charge in [-0.15, -0.1) is 0 Å². The third-order valence-corrected chi connectivity index (χ3v) is 4.93. The van der Waals surface area contributed by atoms with Crippen molar-refractivity contribution < 1.29 is 13.4 Å². The van der Waals surface area contributed by atoms with Gasteiger partial charge in [0.15, 0.2) is 0 Å². The molecular weight excluding hydrogens is 321 g/mol. The molecule has 1 aliphatic heterocycles. The van der Waals surface area contributed by atoms with Gasteiger partial charge < -0.3 is 5.32 Å². The largest absolute Gasteiger partial charge is 0.349 e. The average molecular weight is 334 g/mol. The molecule has 0 saturated carbocycles. The Hall–Kier alpha value is -0.750.